The number of hydrogen-bond donors (Lipinski definition) is 0. The van der Waals surface area contributed by atoms with Gasteiger partial charge < -0.3 is 9.64 Å². The number of carbonyl (C=O) groups excluding carboxylic acids is 1. The minimum Gasteiger partial charge on any atom is -0.497 e. The second-order valence-electron chi connectivity index (χ2n) is 5.56. The zero-order valence-corrected chi connectivity index (χ0v) is 15.5. The molecule has 0 aliphatic rings. The van der Waals surface area contributed by atoms with Crippen LogP contribution in [0.25, 0.3) is 10.6 Å². The van der Waals surface area contributed by atoms with Crippen LogP contribution in [0.1, 0.15) is 16.1 Å². The number of nitrogens with zero attached hydrogens (tertiary/aromatic N) is 2. The quantitative estimate of drug-likeness (QED) is 0.649. The van der Waals surface area contributed by atoms with Crippen LogP contribution in [0.3, 0.4) is 0 Å². The van der Waals surface area contributed by atoms with Crippen LogP contribution in [0.2, 0.25) is 5.02 Å². The molecule has 0 bridgehead atoms. The lowest BCUT2D eigenvalue weighted by atomic mass is 10.2. The molecule has 6 heteroatoms. The molecule has 0 radical (unpaired) electrons. The van der Waals surface area contributed by atoms with Crippen molar-refractivity contribution in [2.24, 2.45) is 0 Å². The maximum Gasteiger partial charge on any atom is 0.273 e. The van der Waals surface area contributed by atoms with E-state index < -0.39 is 0 Å². The van der Waals surface area contributed by atoms with Crippen molar-refractivity contribution < 1.29 is 9.53 Å². The fourth-order valence-corrected chi connectivity index (χ4v) is 3.43. The van der Waals surface area contributed by atoms with E-state index in [4.69, 9.17) is 16.3 Å². The molecule has 0 N–H and O–H groups in total. The van der Waals surface area contributed by atoms with Gasteiger partial charge in [-0.2, -0.15) is 0 Å². The van der Waals surface area contributed by atoms with Crippen LogP contribution < -0.4 is 4.74 Å². The van der Waals surface area contributed by atoms with Crippen molar-refractivity contribution in [1.29, 1.82) is 0 Å². The van der Waals surface area contributed by atoms with Crippen molar-refractivity contribution in [3.63, 3.8) is 0 Å². The average molecular weight is 373 g/mol. The maximum atomic E-state index is 12.6. The SMILES string of the molecule is COc1ccc(-c2nc(C(=O)N(C)Cc3cccc(Cl)c3)cs2)cc1. The summed E-state index contributed by atoms with van der Waals surface area (Å²) in [5.74, 6) is 0.675. The molecule has 25 heavy (non-hydrogen) atoms. The van der Waals surface area contributed by atoms with Crippen LogP contribution in [0.15, 0.2) is 53.9 Å². The first kappa shape index (κ1) is 17.5. The summed E-state index contributed by atoms with van der Waals surface area (Å²) in [4.78, 5) is 18.7. The summed E-state index contributed by atoms with van der Waals surface area (Å²) in [5, 5.41) is 3.26. The number of ether oxygens (including phenoxy) is 1. The van der Waals surface area contributed by atoms with Crippen LogP contribution in [0.5, 0.6) is 5.75 Å². The Balaban J connectivity index is 1.73. The maximum absolute atomic E-state index is 12.6. The fraction of sp³-hybridized carbons (Fsp3) is 0.158. The molecule has 1 amide bonds. The summed E-state index contributed by atoms with van der Waals surface area (Å²) >= 11 is 7.44. The molecule has 0 atom stereocenters. The van der Waals surface area contributed by atoms with Crippen molar-refractivity contribution in [2.45, 2.75) is 6.54 Å². The second-order valence-corrected chi connectivity index (χ2v) is 6.85. The Bertz CT molecular complexity index is 877. The Kier molecular flexibility index (Phi) is 5.36. The van der Waals surface area contributed by atoms with E-state index in [-0.39, 0.29) is 5.91 Å². The van der Waals surface area contributed by atoms with Crippen LogP contribution >= 0.6 is 22.9 Å². The summed E-state index contributed by atoms with van der Waals surface area (Å²) < 4.78 is 5.16. The number of hydrogen-bond acceptors (Lipinski definition) is 4. The molecule has 0 spiro atoms. The zero-order chi connectivity index (χ0) is 17.8. The highest BCUT2D eigenvalue weighted by Crippen LogP contribution is 2.26. The molecule has 0 unspecified atom stereocenters. The van der Waals surface area contributed by atoms with Crippen molar-refractivity contribution in [3.05, 3.63) is 70.2 Å². The largest absolute Gasteiger partial charge is 0.497 e. The standard InChI is InChI=1S/C19H17ClN2O2S/c1-22(11-13-4-3-5-15(20)10-13)19(23)17-12-25-18(21-17)14-6-8-16(24-2)9-7-14/h3-10,12H,11H2,1-2H3. The van der Waals surface area contributed by atoms with Crippen molar-refractivity contribution in [2.75, 3.05) is 14.2 Å². The minimum atomic E-state index is -0.115. The molecule has 0 fully saturated rings. The van der Waals surface area contributed by atoms with Gasteiger partial charge in [0.1, 0.15) is 16.5 Å². The van der Waals surface area contributed by atoms with E-state index in [9.17, 15) is 4.79 Å². The first-order chi connectivity index (χ1) is 12.1. The Morgan fingerprint density at radius 1 is 1.24 bits per heavy atom. The van der Waals surface area contributed by atoms with E-state index >= 15 is 0 Å². The number of aromatic nitrogens is 1. The normalized spacial score (nSPS) is 10.5. The van der Waals surface area contributed by atoms with Gasteiger partial charge in [0, 0.05) is 29.6 Å². The van der Waals surface area contributed by atoms with Crippen LogP contribution in [0.4, 0.5) is 0 Å². The highest BCUT2D eigenvalue weighted by atomic mass is 35.5. The smallest absolute Gasteiger partial charge is 0.273 e. The number of thiazole rings is 1. The van der Waals surface area contributed by atoms with Gasteiger partial charge in [-0.3, -0.25) is 4.79 Å². The lowest BCUT2D eigenvalue weighted by Gasteiger charge is -2.16. The molecule has 128 valence electrons. The highest BCUT2D eigenvalue weighted by molar-refractivity contribution is 7.13. The lowest BCUT2D eigenvalue weighted by molar-refractivity contribution is 0.0780. The molecule has 0 saturated carbocycles. The number of amides is 1. The van der Waals surface area contributed by atoms with Crippen molar-refractivity contribution >= 4 is 28.8 Å². The molecule has 1 aromatic heterocycles. The summed E-state index contributed by atoms with van der Waals surface area (Å²) in [5.41, 5.74) is 2.39. The third-order valence-electron chi connectivity index (χ3n) is 3.72. The van der Waals surface area contributed by atoms with E-state index in [0.717, 1.165) is 21.9 Å². The molecule has 0 saturated heterocycles. The predicted molar refractivity (Wildman–Crippen MR) is 101 cm³/mol. The van der Waals surface area contributed by atoms with E-state index in [1.165, 1.54) is 11.3 Å². The molecular formula is C19H17ClN2O2S. The molecule has 3 aromatic rings. The fourth-order valence-electron chi connectivity index (χ4n) is 2.41. The van der Waals surface area contributed by atoms with Gasteiger partial charge in [-0.1, -0.05) is 23.7 Å². The molecule has 3 rings (SSSR count). The minimum absolute atomic E-state index is 0.115. The second kappa shape index (κ2) is 7.68. The van der Waals surface area contributed by atoms with Crippen molar-refractivity contribution in [3.8, 4) is 16.3 Å². The average Bonchev–Trinajstić information content (AvgIpc) is 3.11. The van der Waals surface area contributed by atoms with Gasteiger partial charge in [0.25, 0.3) is 5.91 Å². The first-order valence-electron chi connectivity index (χ1n) is 7.66. The molecule has 0 aliphatic heterocycles. The third-order valence-corrected chi connectivity index (χ3v) is 4.84. The predicted octanol–water partition coefficient (Wildman–Crippen LogP) is 4.74. The molecular weight excluding hydrogens is 356 g/mol. The van der Waals surface area contributed by atoms with Crippen molar-refractivity contribution in [1.82, 2.24) is 9.88 Å². The molecule has 4 nitrogen and oxygen atoms in total. The van der Waals surface area contributed by atoms with Gasteiger partial charge in [-0.05, 0) is 42.0 Å². The monoisotopic (exact) mass is 372 g/mol. The Labute approximate surface area is 155 Å². The van der Waals surface area contributed by atoms with E-state index in [0.29, 0.717) is 17.3 Å². The Hall–Kier alpha value is -2.37. The highest BCUT2D eigenvalue weighted by Gasteiger charge is 2.16. The van der Waals surface area contributed by atoms with Gasteiger partial charge in [0.2, 0.25) is 0 Å². The molecule has 0 aliphatic carbocycles. The summed E-state index contributed by atoms with van der Waals surface area (Å²) in [7, 11) is 3.39. The van der Waals surface area contributed by atoms with Gasteiger partial charge in [-0.25, -0.2) is 4.98 Å². The number of halogens is 1. The van der Waals surface area contributed by atoms with E-state index in [2.05, 4.69) is 4.98 Å². The Morgan fingerprint density at radius 2 is 2.00 bits per heavy atom. The number of rotatable bonds is 5. The number of methoxy groups -OCH3 is 1. The summed E-state index contributed by atoms with van der Waals surface area (Å²) in [6.45, 7) is 0.481. The summed E-state index contributed by atoms with van der Waals surface area (Å²) in [6, 6.07) is 15.1. The lowest BCUT2D eigenvalue weighted by Crippen LogP contribution is -2.26. The topological polar surface area (TPSA) is 42.4 Å². The van der Waals surface area contributed by atoms with Crippen LogP contribution in [-0.4, -0.2) is 29.9 Å². The van der Waals surface area contributed by atoms with E-state index in [1.54, 1.807) is 24.4 Å². The molecule has 1 heterocycles. The first-order valence-corrected chi connectivity index (χ1v) is 8.92. The third kappa shape index (κ3) is 4.18. The van der Waals surface area contributed by atoms with Crippen LogP contribution in [-0.2, 0) is 6.54 Å². The van der Waals surface area contributed by atoms with Gasteiger partial charge >= 0.3 is 0 Å². The molecule has 2 aromatic carbocycles. The van der Waals surface area contributed by atoms with Gasteiger partial charge in [0.05, 0.1) is 7.11 Å². The number of benzene rings is 2. The zero-order valence-electron chi connectivity index (χ0n) is 13.9. The summed E-state index contributed by atoms with van der Waals surface area (Å²) in [6.07, 6.45) is 0. The van der Waals surface area contributed by atoms with Gasteiger partial charge in [-0.15, -0.1) is 11.3 Å². The van der Waals surface area contributed by atoms with Crippen LogP contribution in [0, 0.1) is 0 Å². The number of carbonyl (C=O) groups is 1. The van der Waals surface area contributed by atoms with Gasteiger partial charge in [0.15, 0.2) is 0 Å². The van der Waals surface area contributed by atoms with E-state index in [1.807, 2.05) is 48.5 Å². The Morgan fingerprint density at radius 3 is 2.68 bits per heavy atom.